The number of ether oxygens (including phenoxy) is 1. The Morgan fingerprint density at radius 1 is 1.43 bits per heavy atom. The first-order valence-electron chi connectivity index (χ1n) is 6.32. The molecule has 21 heavy (non-hydrogen) atoms. The molecule has 2 aliphatic rings. The van der Waals surface area contributed by atoms with E-state index in [0.29, 0.717) is 18.8 Å². The van der Waals surface area contributed by atoms with Crippen molar-refractivity contribution in [2.45, 2.75) is 11.0 Å². The van der Waals surface area contributed by atoms with E-state index in [-0.39, 0.29) is 30.5 Å². The van der Waals surface area contributed by atoms with E-state index < -0.39 is 0 Å². The molecule has 0 aromatic heterocycles. The second kappa shape index (κ2) is 6.13. The topological polar surface area (TPSA) is 75.9 Å². The fourth-order valence-corrected chi connectivity index (χ4v) is 3.32. The number of carbonyl (C=O) groups excluding carboxylic acids is 2. The Morgan fingerprint density at radius 3 is 2.86 bits per heavy atom. The van der Waals surface area contributed by atoms with Crippen molar-refractivity contribution in [3.05, 3.63) is 18.2 Å². The number of nitrogens with zero attached hydrogens (tertiary/aromatic N) is 2. The Labute approximate surface area is 133 Å². The average molecular weight is 330 g/mol. The SMILES string of the molecule is CN1C(=O)CSc2cc(N3C[C@H](CN)OC3=O)ccc21.Cl. The number of hydrogen-bond acceptors (Lipinski definition) is 5. The minimum absolute atomic E-state index is 0. The van der Waals surface area contributed by atoms with Crippen molar-refractivity contribution in [1.29, 1.82) is 0 Å². The molecule has 2 N–H and O–H groups in total. The number of nitrogens with two attached hydrogens (primary N) is 1. The van der Waals surface area contributed by atoms with Gasteiger partial charge in [0.15, 0.2) is 0 Å². The van der Waals surface area contributed by atoms with E-state index in [1.54, 1.807) is 16.8 Å². The first-order valence-corrected chi connectivity index (χ1v) is 7.30. The summed E-state index contributed by atoms with van der Waals surface area (Å²) in [4.78, 5) is 27.7. The number of benzene rings is 1. The van der Waals surface area contributed by atoms with E-state index in [1.165, 1.54) is 11.8 Å². The zero-order chi connectivity index (χ0) is 14.3. The summed E-state index contributed by atoms with van der Waals surface area (Å²) in [5, 5.41) is 0. The molecule has 0 radical (unpaired) electrons. The van der Waals surface area contributed by atoms with Crippen LogP contribution in [0.2, 0.25) is 0 Å². The van der Waals surface area contributed by atoms with Crippen LogP contribution in [0.25, 0.3) is 0 Å². The number of halogens is 1. The van der Waals surface area contributed by atoms with E-state index >= 15 is 0 Å². The normalized spacial score (nSPS) is 21.0. The van der Waals surface area contributed by atoms with Crippen LogP contribution in [0.15, 0.2) is 23.1 Å². The number of hydrogen-bond donors (Lipinski definition) is 1. The highest BCUT2D eigenvalue weighted by Gasteiger charge is 2.32. The van der Waals surface area contributed by atoms with Crippen LogP contribution in [0.5, 0.6) is 0 Å². The van der Waals surface area contributed by atoms with Crippen LogP contribution >= 0.6 is 24.2 Å². The molecule has 0 unspecified atom stereocenters. The smallest absolute Gasteiger partial charge is 0.414 e. The van der Waals surface area contributed by atoms with Crippen molar-refractivity contribution in [2.75, 3.05) is 35.7 Å². The number of rotatable bonds is 2. The van der Waals surface area contributed by atoms with Gasteiger partial charge in [0, 0.05) is 24.2 Å². The standard InChI is InChI=1S/C13H15N3O3S.ClH/c1-15-10-3-2-8(4-11(10)20-7-12(15)17)16-6-9(5-14)19-13(16)18;/h2-4,9H,5-7,14H2,1H3;1H/t9-;/m0./s1. The fraction of sp³-hybridized carbons (Fsp3) is 0.385. The highest BCUT2D eigenvalue weighted by atomic mass is 35.5. The molecule has 1 fully saturated rings. The lowest BCUT2D eigenvalue weighted by atomic mass is 10.2. The zero-order valence-corrected chi connectivity index (χ0v) is 13.1. The minimum Gasteiger partial charge on any atom is -0.443 e. The van der Waals surface area contributed by atoms with Crippen molar-refractivity contribution in [1.82, 2.24) is 0 Å². The molecule has 1 atom stereocenters. The van der Waals surface area contributed by atoms with E-state index in [9.17, 15) is 9.59 Å². The van der Waals surface area contributed by atoms with Gasteiger partial charge in [-0.15, -0.1) is 24.2 Å². The first-order chi connectivity index (χ1) is 9.60. The molecule has 2 heterocycles. The lowest BCUT2D eigenvalue weighted by molar-refractivity contribution is -0.116. The van der Waals surface area contributed by atoms with Crippen molar-refractivity contribution in [3.63, 3.8) is 0 Å². The maximum Gasteiger partial charge on any atom is 0.414 e. The van der Waals surface area contributed by atoms with Crippen molar-refractivity contribution in [3.8, 4) is 0 Å². The Kier molecular flexibility index (Phi) is 4.65. The second-order valence-corrected chi connectivity index (χ2v) is 5.76. The summed E-state index contributed by atoms with van der Waals surface area (Å²) in [5.74, 6) is 0.502. The Morgan fingerprint density at radius 2 is 2.19 bits per heavy atom. The van der Waals surface area contributed by atoms with E-state index in [2.05, 4.69) is 0 Å². The fourth-order valence-electron chi connectivity index (χ4n) is 2.29. The molecule has 114 valence electrons. The second-order valence-electron chi connectivity index (χ2n) is 4.75. The van der Waals surface area contributed by atoms with Gasteiger partial charge in [-0.25, -0.2) is 4.79 Å². The summed E-state index contributed by atoms with van der Waals surface area (Å²) in [6, 6.07) is 5.61. The maximum atomic E-state index is 11.8. The molecule has 1 aromatic rings. The van der Waals surface area contributed by atoms with Crippen LogP contribution in [0.1, 0.15) is 0 Å². The zero-order valence-electron chi connectivity index (χ0n) is 11.4. The van der Waals surface area contributed by atoms with Gasteiger partial charge in [0.25, 0.3) is 0 Å². The van der Waals surface area contributed by atoms with Crippen molar-refractivity contribution >= 4 is 47.5 Å². The molecule has 0 saturated carbocycles. The maximum absolute atomic E-state index is 11.8. The molecular formula is C13H16ClN3O3S. The number of cyclic esters (lactones) is 1. The van der Waals surface area contributed by atoms with Crippen LogP contribution in [-0.4, -0.2) is 44.0 Å². The largest absolute Gasteiger partial charge is 0.443 e. The summed E-state index contributed by atoms with van der Waals surface area (Å²) in [6.07, 6.45) is -0.624. The Bertz CT molecular complexity index is 584. The highest BCUT2D eigenvalue weighted by molar-refractivity contribution is 8.00. The molecular weight excluding hydrogens is 314 g/mol. The molecule has 0 bridgehead atoms. The van der Waals surface area contributed by atoms with Gasteiger partial charge in [0.1, 0.15) is 6.10 Å². The number of carbonyl (C=O) groups is 2. The molecule has 1 saturated heterocycles. The van der Waals surface area contributed by atoms with Gasteiger partial charge in [-0.3, -0.25) is 9.69 Å². The van der Waals surface area contributed by atoms with Crippen LogP contribution in [0, 0.1) is 0 Å². The lowest BCUT2D eigenvalue weighted by Gasteiger charge is -2.26. The quantitative estimate of drug-likeness (QED) is 0.889. The molecule has 2 amide bonds. The summed E-state index contributed by atoms with van der Waals surface area (Å²) in [6.45, 7) is 0.784. The van der Waals surface area contributed by atoms with E-state index in [4.69, 9.17) is 10.5 Å². The lowest BCUT2D eigenvalue weighted by Crippen LogP contribution is -2.31. The Balaban J connectivity index is 0.00000161. The van der Waals surface area contributed by atoms with Crippen molar-refractivity contribution in [2.24, 2.45) is 5.73 Å². The summed E-state index contributed by atoms with van der Waals surface area (Å²) in [5.41, 5.74) is 7.18. The molecule has 2 aliphatic heterocycles. The van der Waals surface area contributed by atoms with Crippen molar-refractivity contribution < 1.29 is 14.3 Å². The number of thioether (sulfide) groups is 1. The van der Waals surface area contributed by atoms with E-state index in [0.717, 1.165) is 16.3 Å². The van der Waals surface area contributed by atoms with Gasteiger partial charge in [-0.1, -0.05) is 0 Å². The molecule has 1 aromatic carbocycles. The summed E-state index contributed by atoms with van der Waals surface area (Å²) >= 11 is 1.49. The minimum atomic E-state index is -0.370. The predicted molar refractivity (Wildman–Crippen MR) is 84.5 cm³/mol. The van der Waals surface area contributed by atoms with Gasteiger partial charge in [0.2, 0.25) is 5.91 Å². The molecule has 3 rings (SSSR count). The number of fused-ring (bicyclic) bond motifs is 1. The van der Waals surface area contributed by atoms with Gasteiger partial charge >= 0.3 is 6.09 Å². The predicted octanol–water partition coefficient (Wildman–Crippen LogP) is 1.46. The van der Waals surface area contributed by atoms with Crippen LogP contribution < -0.4 is 15.5 Å². The summed E-state index contributed by atoms with van der Waals surface area (Å²) < 4.78 is 5.15. The Hall–Kier alpha value is -1.44. The molecule has 0 aliphatic carbocycles. The third-order valence-corrected chi connectivity index (χ3v) is 4.51. The molecule has 0 spiro atoms. The van der Waals surface area contributed by atoms with Gasteiger partial charge in [-0.2, -0.15) is 0 Å². The van der Waals surface area contributed by atoms with E-state index in [1.807, 2.05) is 18.2 Å². The third kappa shape index (κ3) is 2.81. The highest BCUT2D eigenvalue weighted by Crippen LogP contribution is 2.37. The van der Waals surface area contributed by atoms with Gasteiger partial charge in [0.05, 0.1) is 18.0 Å². The number of amides is 2. The average Bonchev–Trinajstić information content (AvgIpc) is 2.84. The van der Waals surface area contributed by atoms with Crippen LogP contribution in [0.4, 0.5) is 16.2 Å². The number of anilines is 2. The van der Waals surface area contributed by atoms with Crippen LogP contribution in [0.3, 0.4) is 0 Å². The summed E-state index contributed by atoms with van der Waals surface area (Å²) in [7, 11) is 1.76. The van der Waals surface area contributed by atoms with Gasteiger partial charge in [-0.05, 0) is 18.2 Å². The first kappa shape index (κ1) is 15.9. The monoisotopic (exact) mass is 329 g/mol. The van der Waals surface area contributed by atoms with Gasteiger partial charge < -0.3 is 15.4 Å². The van der Waals surface area contributed by atoms with Crippen LogP contribution in [-0.2, 0) is 9.53 Å². The third-order valence-electron chi connectivity index (χ3n) is 3.48. The molecule has 8 heteroatoms. The molecule has 6 nitrogen and oxygen atoms in total.